The lowest BCUT2D eigenvalue weighted by molar-refractivity contribution is -0.274. The molecule has 2 rings (SSSR count). The SMILES string of the molecule is Cc1c(NC(C)C=O)cccc1Oc1ccc(OC(F)(F)F)cc1. The number of carbonyl (C=O) groups is 1. The van der Waals surface area contributed by atoms with E-state index < -0.39 is 6.36 Å². The zero-order valence-corrected chi connectivity index (χ0v) is 13.1. The molecule has 0 saturated carbocycles. The van der Waals surface area contributed by atoms with Crippen LogP contribution in [0.1, 0.15) is 12.5 Å². The molecular formula is C17H16F3NO3. The minimum absolute atomic E-state index is 0.318. The highest BCUT2D eigenvalue weighted by atomic mass is 19.4. The molecule has 2 aromatic carbocycles. The van der Waals surface area contributed by atoms with Gasteiger partial charge in [-0.1, -0.05) is 6.07 Å². The Hall–Kier alpha value is -2.70. The predicted octanol–water partition coefficient (Wildman–Crippen LogP) is 4.69. The molecule has 0 heterocycles. The molecule has 0 aliphatic rings. The summed E-state index contributed by atoms with van der Waals surface area (Å²) in [5, 5.41) is 3.03. The lowest BCUT2D eigenvalue weighted by Crippen LogP contribution is -2.17. The van der Waals surface area contributed by atoms with Crippen LogP contribution in [0.3, 0.4) is 0 Å². The van der Waals surface area contributed by atoms with E-state index in [9.17, 15) is 18.0 Å². The maximum atomic E-state index is 12.1. The average molecular weight is 339 g/mol. The number of hydrogen-bond acceptors (Lipinski definition) is 4. The molecule has 0 saturated heterocycles. The lowest BCUT2D eigenvalue weighted by Gasteiger charge is -2.16. The van der Waals surface area contributed by atoms with Crippen LogP contribution >= 0.6 is 0 Å². The van der Waals surface area contributed by atoms with Crippen LogP contribution < -0.4 is 14.8 Å². The third-order valence-corrected chi connectivity index (χ3v) is 3.16. The third-order valence-electron chi connectivity index (χ3n) is 3.16. The molecule has 0 aliphatic heterocycles. The standard InChI is InChI=1S/C17H16F3NO3/c1-11(10-22)21-15-4-3-5-16(12(15)2)23-13-6-8-14(9-7-13)24-17(18,19)20/h3-11,21H,1-2H3. The van der Waals surface area contributed by atoms with Crippen LogP contribution in [0, 0.1) is 6.92 Å². The van der Waals surface area contributed by atoms with Crippen molar-refractivity contribution in [1.82, 2.24) is 0 Å². The summed E-state index contributed by atoms with van der Waals surface area (Å²) in [6.45, 7) is 3.54. The van der Waals surface area contributed by atoms with Crippen LogP contribution in [0.5, 0.6) is 17.2 Å². The van der Waals surface area contributed by atoms with Crippen molar-refractivity contribution in [3.63, 3.8) is 0 Å². The van der Waals surface area contributed by atoms with Gasteiger partial charge in [-0.2, -0.15) is 0 Å². The highest BCUT2D eigenvalue weighted by Gasteiger charge is 2.30. The molecule has 7 heteroatoms. The number of ether oxygens (including phenoxy) is 2. The molecule has 0 spiro atoms. The fourth-order valence-electron chi connectivity index (χ4n) is 2.00. The molecule has 0 aliphatic carbocycles. The fourth-order valence-corrected chi connectivity index (χ4v) is 2.00. The topological polar surface area (TPSA) is 47.6 Å². The van der Waals surface area contributed by atoms with Crippen molar-refractivity contribution < 1.29 is 27.4 Å². The molecule has 0 fully saturated rings. The Morgan fingerprint density at radius 2 is 1.71 bits per heavy atom. The quantitative estimate of drug-likeness (QED) is 0.776. The second-order valence-corrected chi connectivity index (χ2v) is 5.12. The number of aldehydes is 1. The molecule has 0 bridgehead atoms. The van der Waals surface area contributed by atoms with Gasteiger partial charge in [0, 0.05) is 11.3 Å². The fraction of sp³-hybridized carbons (Fsp3) is 0.235. The van der Waals surface area contributed by atoms with Gasteiger partial charge in [0.15, 0.2) is 0 Å². The molecule has 0 aromatic heterocycles. The number of hydrogen-bond donors (Lipinski definition) is 1. The smallest absolute Gasteiger partial charge is 0.457 e. The minimum Gasteiger partial charge on any atom is -0.457 e. The number of carbonyl (C=O) groups excluding carboxylic acids is 1. The van der Waals surface area contributed by atoms with Crippen LogP contribution in [0.2, 0.25) is 0 Å². The third kappa shape index (κ3) is 4.91. The number of rotatable bonds is 6. The van der Waals surface area contributed by atoms with Crippen LogP contribution in [0.15, 0.2) is 42.5 Å². The van der Waals surface area contributed by atoms with Gasteiger partial charge in [0.1, 0.15) is 23.5 Å². The van der Waals surface area contributed by atoms with Gasteiger partial charge in [0.05, 0.1) is 6.04 Å². The molecule has 1 N–H and O–H groups in total. The normalized spacial score (nSPS) is 12.4. The Morgan fingerprint density at radius 1 is 1.08 bits per heavy atom. The van der Waals surface area contributed by atoms with E-state index >= 15 is 0 Å². The number of nitrogens with one attached hydrogen (secondary N) is 1. The van der Waals surface area contributed by atoms with E-state index in [1.807, 2.05) is 13.0 Å². The zero-order valence-electron chi connectivity index (χ0n) is 13.1. The molecular weight excluding hydrogens is 323 g/mol. The Kier molecular flexibility index (Phi) is 5.33. The van der Waals surface area contributed by atoms with E-state index in [0.717, 1.165) is 17.5 Å². The first-order valence-corrected chi connectivity index (χ1v) is 7.13. The Morgan fingerprint density at radius 3 is 2.29 bits per heavy atom. The van der Waals surface area contributed by atoms with Crippen LogP contribution in [0.4, 0.5) is 18.9 Å². The van der Waals surface area contributed by atoms with Crippen LogP contribution in [-0.4, -0.2) is 18.7 Å². The van der Waals surface area contributed by atoms with Crippen molar-refractivity contribution in [1.29, 1.82) is 0 Å². The van der Waals surface area contributed by atoms with E-state index in [-0.39, 0.29) is 11.8 Å². The van der Waals surface area contributed by atoms with Gasteiger partial charge < -0.3 is 19.6 Å². The molecule has 0 radical (unpaired) electrons. The van der Waals surface area contributed by atoms with E-state index in [1.54, 1.807) is 19.1 Å². The van der Waals surface area contributed by atoms with Gasteiger partial charge in [-0.25, -0.2) is 0 Å². The van der Waals surface area contributed by atoms with Gasteiger partial charge in [0.2, 0.25) is 0 Å². The van der Waals surface area contributed by atoms with Crippen molar-refractivity contribution in [2.24, 2.45) is 0 Å². The summed E-state index contributed by atoms with van der Waals surface area (Å²) in [6, 6.07) is 10.1. The van der Waals surface area contributed by atoms with Gasteiger partial charge in [-0.3, -0.25) is 0 Å². The Bertz CT molecular complexity index is 699. The predicted molar refractivity (Wildman–Crippen MR) is 83.5 cm³/mol. The number of anilines is 1. The first-order valence-electron chi connectivity index (χ1n) is 7.13. The lowest BCUT2D eigenvalue weighted by atomic mass is 10.1. The summed E-state index contributed by atoms with van der Waals surface area (Å²) >= 11 is 0. The molecule has 24 heavy (non-hydrogen) atoms. The van der Waals surface area contributed by atoms with Crippen molar-refractivity contribution >= 4 is 12.0 Å². The Balaban J connectivity index is 2.13. The number of halogens is 3. The van der Waals surface area contributed by atoms with E-state index in [0.29, 0.717) is 11.5 Å². The summed E-state index contributed by atoms with van der Waals surface area (Å²) in [5.41, 5.74) is 1.52. The zero-order chi connectivity index (χ0) is 17.7. The second kappa shape index (κ2) is 7.25. The Labute approximate surface area is 137 Å². The van der Waals surface area contributed by atoms with Crippen molar-refractivity contribution in [2.75, 3.05) is 5.32 Å². The molecule has 2 aromatic rings. The summed E-state index contributed by atoms with van der Waals surface area (Å²) in [5.74, 6) is 0.581. The molecule has 128 valence electrons. The monoisotopic (exact) mass is 339 g/mol. The summed E-state index contributed by atoms with van der Waals surface area (Å²) in [4.78, 5) is 10.7. The molecule has 4 nitrogen and oxygen atoms in total. The molecule has 1 atom stereocenters. The molecule has 0 amide bonds. The van der Waals surface area contributed by atoms with Crippen LogP contribution in [-0.2, 0) is 4.79 Å². The second-order valence-electron chi connectivity index (χ2n) is 5.12. The summed E-state index contributed by atoms with van der Waals surface area (Å²) in [7, 11) is 0. The first kappa shape index (κ1) is 17.7. The van der Waals surface area contributed by atoms with Crippen molar-refractivity contribution in [3.8, 4) is 17.2 Å². The van der Waals surface area contributed by atoms with Crippen molar-refractivity contribution in [2.45, 2.75) is 26.3 Å². The van der Waals surface area contributed by atoms with Gasteiger partial charge in [0.25, 0.3) is 0 Å². The van der Waals surface area contributed by atoms with E-state index in [1.165, 1.54) is 24.3 Å². The van der Waals surface area contributed by atoms with E-state index in [2.05, 4.69) is 10.1 Å². The van der Waals surface area contributed by atoms with Gasteiger partial charge in [-0.15, -0.1) is 13.2 Å². The number of alkyl halides is 3. The first-order chi connectivity index (χ1) is 11.3. The highest BCUT2D eigenvalue weighted by Crippen LogP contribution is 2.31. The maximum Gasteiger partial charge on any atom is 0.573 e. The highest BCUT2D eigenvalue weighted by molar-refractivity contribution is 5.67. The van der Waals surface area contributed by atoms with Gasteiger partial charge in [-0.05, 0) is 50.2 Å². The van der Waals surface area contributed by atoms with Gasteiger partial charge >= 0.3 is 6.36 Å². The summed E-state index contributed by atoms with van der Waals surface area (Å²) < 4.78 is 45.9. The van der Waals surface area contributed by atoms with Crippen LogP contribution in [0.25, 0.3) is 0 Å². The van der Waals surface area contributed by atoms with Crippen molar-refractivity contribution in [3.05, 3.63) is 48.0 Å². The average Bonchev–Trinajstić information content (AvgIpc) is 2.51. The minimum atomic E-state index is -4.73. The number of benzene rings is 2. The van der Waals surface area contributed by atoms with E-state index in [4.69, 9.17) is 4.74 Å². The maximum absolute atomic E-state index is 12.1. The molecule has 1 unspecified atom stereocenters. The summed E-state index contributed by atoms with van der Waals surface area (Å²) in [6.07, 6.45) is -3.94. The largest absolute Gasteiger partial charge is 0.573 e.